The Hall–Kier alpha value is -3.03. The summed E-state index contributed by atoms with van der Waals surface area (Å²) in [6.07, 6.45) is 67.2. The molecule has 109 heavy (non-hydrogen) atoms. The molecule has 0 bridgehead atoms. The number of aliphatic hydroxyl groups excluding tert-OH is 11. The first-order valence-electron chi connectivity index (χ1n) is 44.3. The molecule has 19 heteroatoms. The van der Waals surface area contributed by atoms with Crippen LogP contribution in [0.1, 0.15) is 348 Å². The molecule has 0 aromatic rings. The Morgan fingerprint density at radius 1 is 0.339 bits per heavy atom. The summed E-state index contributed by atoms with van der Waals surface area (Å²) in [5.41, 5.74) is 0. The van der Waals surface area contributed by atoms with Gasteiger partial charge in [-0.1, -0.05) is 356 Å². The third kappa shape index (κ3) is 48.2. The van der Waals surface area contributed by atoms with Crippen LogP contribution >= 0.6 is 0 Å². The van der Waals surface area contributed by atoms with Crippen LogP contribution in [-0.2, 0) is 33.2 Å². The molecule has 3 rings (SSSR count). The highest BCUT2D eigenvalue weighted by Crippen LogP contribution is 2.33. The van der Waals surface area contributed by atoms with Crippen molar-refractivity contribution in [3.05, 3.63) is 85.1 Å². The quantitative estimate of drug-likeness (QED) is 0.0199. The minimum absolute atomic E-state index is 0.237. The normalized spacial score (nSPS) is 25.7. The first-order chi connectivity index (χ1) is 53.3. The van der Waals surface area contributed by atoms with E-state index in [1.165, 1.54) is 225 Å². The van der Waals surface area contributed by atoms with Gasteiger partial charge in [-0.15, -0.1) is 0 Å². The summed E-state index contributed by atoms with van der Waals surface area (Å²) < 4.78 is 34.5. The van der Waals surface area contributed by atoms with Crippen LogP contribution in [0.25, 0.3) is 0 Å². The van der Waals surface area contributed by atoms with Gasteiger partial charge < -0.3 is 89.9 Å². The van der Waals surface area contributed by atoms with E-state index >= 15 is 0 Å². The van der Waals surface area contributed by atoms with Gasteiger partial charge in [0.25, 0.3) is 0 Å². The Morgan fingerprint density at radius 2 is 0.633 bits per heavy atom. The Morgan fingerprint density at radius 3 is 0.991 bits per heavy atom. The number of hydrogen-bond donors (Lipinski definition) is 12. The van der Waals surface area contributed by atoms with Crippen molar-refractivity contribution in [2.24, 2.45) is 0 Å². The van der Waals surface area contributed by atoms with Crippen LogP contribution in [0.15, 0.2) is 85.1 Å². The maximum Gasteiger partial charge on any atom is 0.220 e. The van der Waals surface area contributed by atoms with Crippen LogP contribution in [0.3, 0.4) is 0 Å². The van der Waals surface area contributed by atoms with Gasteiger partial charge in [-0.2, -0.15) is 0 Å². The average molecular weight is 1550 g/mol. The summed E-state index contributed by atoms with van der Waals surface area (Å²) in [4.78, 5) is 13.5. The molecule has 3 aliphatic rings. The minimum Gasteiger partial charge on any atom is -0.394 e. The number of rotatable bonds is 71. The van der Waals surface area contributed by atoms with Crippen molar-refractivity contribution in [2.75, 3.05) is 26.4 Å². The van der Waals surface area contributed by atoms with Crippen molar-refractivity contribution in [1.29, 1.82) is 0 Å². The summed E-state index contributed by atoms with van der Waals surface area (Å²) >= 11 is 0. The zero-order chi connectivity index (χ0) is 78.8. The number of carbonyl (C=O) groups is 1. The smallest absolute Gasteiger partial charge is 0.220 e. The van der Waals surface area contributed by atoms with Gasteiger partial charge >= 0.3 is 0 Å². The van der Waals surface area contributed by atoms with Crippen molar-refractivity contribution < 1.29 is 89.4 Å². The molecule has 0 saturated carbocycles. The van der Waals surface area contributed by atoms with Gasteiger partial charge in [0, 0.05) is 6.42 Å². The molecule has 0 aliphatic carbocycles. The molecule has 3 aliphatic heterocycles. The fourth-order valence-electron chi connectivity index (χ4n) is 14.7. The van der Waals surface area contributed by atoms with Gasteiger partial charge in [-0.25, -0.2) is 0 Å². The molecule has 3 saturated heterocycles. The highest BCUT2D eigenvalue weighted by Gasteiger charge is 2.54. The van der Waals surface area contributed by atoms with Crippen molar-refractivity contribution in [3.8, 4) is 0 Å². The lowest BCUT2D eigenvalue weighted by Gasteiger charge is -2.48. The lowest BCUT2D eigenvalue weighted by Crippen LogP contribution is -2.66. The number of unbranched alkanes of at least 4 members (excludes halogenated alkanes) is 43. The monoisotopic (exact) mass is 1540 g/mol. The van der Waals surface area contributed by atoms with E-state index in [0.717, 1.165) is 96.3 Å². The third-order valence-corrected chi connectivity index (χ3v) is 21.7. The summed E-state index contributed by atoms with van der Waals surface area (Å²) in [6.45, 7) is 1.67. The van der Waals surface area contributed by atoms with Gasteiger partial charge in [-0.05, 0) is 70.6 Å². The maximum absolute atomic E-state index is 13.5. The molecule has 12 N–H and O–H groups in total. The molecule has 0 aromatic carbocycles. The second kappa shape index (κ2) is 69.3. The number of carbonyl (C=O) groups excluding carboxylic acids is 1. The number of ether oxygens (including phenoxy) is 6. The second-order valence-electron chi connectivity index (χ2n) is 31.3. The summed E-state index contributed by atoms with van der Waals surface area (Å²) in [6, 6.07) is -0.982. The van der Waals surface area contributed by atoms with Crippen LogP contribution in [-0.4, -0.2) is 193 Å². The van der Waals surface area contributed by atoms with Crippen molar-refractivity contribution in [3.63, 3.8) is 0 Å². The van der Waals surface area contributed by atoms with Gasteiger partial charge in [0.15, 0.2) is 18.9 Å². The summed E-state index contributed by atoms with van der Waals surface area (Å²) in [5, 5.41) is 121. The van der Waals surface area contributed by atoms with E-state index in [2.05, 4.69) is 92.1 Å². The van der Waals surface area contributed by atoms with E-state index in [9.17, 15) is 61.0 Å². The molecule has 634 valence electrons. The summed E-state index contributed by atoms with van der Waals surface area (Å²) in [5.74, 6) is -0.276. The highest BCUT2D eigenvalue weighted by molar-refractivity contribution is 5.76. The zero-order valence-corrected chi connectivity index (χ0v) is 68.3. The number of aliphatic hydroxyl groups is 11. The molecule has 19 nitrogen and oxygen atoms in total. The van der Waals surface area contributed by atoms with Gasteiger partial charge in [0.05, 0.1) is 38.6 Å². The third-order valence-electron chi connectivity index (χ3n) is 21.7. The highest BCUT2D eigenvalue weighted by atomic mass is 16.8. The Kier molecular flexibility index (Phi) is 63.7. The predicted molar refractivity (Wildman–Crippen MR) is 438 cm³/mol. The van der Waals surface area contributed by atoms with Gasteiger partial charge in [0.1, 0.15) is 73.2 Å². The van der Waals surface area contributed by atoms with Crippen LogP contribution in [0.5, 0.6) is 0 Å². The maximum atomic E-state index is 13.5. The number of amides is 1. The molecule has 1 amide bonds. The van der Waals surface area contributed by atoms with E-state index in [0.29, 0.717) is 6.42 Å². The predicted octanol–water partition coefficient (Wildman–Crippen LogP) is 16.5. The SMILES string of the molecule is CC/C=C\C/C=C\C/C=C\C/C=C\C/C=C\C/C=C\CCCCCCCCCCCCCCC(=O)NC(COC1OC(CO)C(OC2OC(CO)C(OC3OC(CO)C(O)C(O)C3O)C(O)C2O)C(O)C1O)C(O)/C=C/CCCCCCCCCCCCCCCCCCCCCCCCCCCCCCCCC. The van der Waals surface area contributed by atoms with Crippen LogP contribution in [0.2, 0.25) is 0 Å². The molecular formula is C90H161NO18. The molecular weight excluding hydrogens is 1380 g/mol. The van der Waals surface area contributed by atoms with Crippen LogP contribution in [0, 0.1) is 0 Å². The summed E-state index contributed by atoms with van der Waals surface area (Å²) in [7, 11) is 0. The molecule has 3 fully saturated rings. The second-order valence-corrected chi connectivity index (χ2v) is 31.3. The number of allylic oxidation sites excluding steroid dienone is 13. The fraction of sp³-hybridized carbons (Fsp3) is 0.833. The first kappa shape index (κ1) is 100. The largest absolute Gasteiger partial charge is 0.394 e. The van der Waals surface area contributed by atoms with Crippen LogP contribution in [0.4, 0.5) is 0 Å². The fourth-order valence-corrected chi connectivity index (χ4v) is 14.7. The Labute approximate surface area is 661 Å². The van der Waals surface area contributed by atoms with Gasteiger partial charge in [0.2, 0.25) is 5.91 Å². The average Bonchev–Trinajstić information content (AvgIpc) is 0.782. The molecule has 0 spiro atoms. The van der Waals surface area contributed by atoms with E-state index in [1.54, 1.807) is 6.08 Å². The van der Waals surface area contributed by atoms with Gasteiger partial charge in [-0.3, -0.25) is 4.79 Å². The van der Waals surface area contributed by atoms with Crippen LogP contribution < -0.4 is 5.32 Å². The minimum atomic E-state index is -1.98. The van der Waals surface area contributed by atoms with Crippen molar-refractivity contribution in [2.45, 2.75) is 452 Å². The molecule has 0 radical (unpaired) electrons. The van der Waals surface area contributed by atoms with E-state index in [4.69, 9.17) is 28.4 Å². The topological polar surface area (TPSA) is 307 Å². The molecule has 17 unspecified atom stereocenters. The lowest BCUT2D eigenvalue weighted by molar-refractivity contribution is -0.379. The standard InChI is InChI=1S/C90H161NO18/c1-3-5-7-9-11-13-15-17-19-21-23-25-27-29-31-33-35-36-38-39-41-43-45-47-49-51-53-55-57-59-61-63-65-67-74(95)73(91-78(96)68-66-64-62-60-58-56-54-52-50-48-46-44-42-40-37-34-32-30-28-26-24-22-20-18-16-14-12-10-8-6-4-2)72-104-88-84(102)81(99)86(76(70-93)106-88)109-90-85(103)82(100)87(77(71-94)107-90)108-89-83(101)80(98)79(97)75(69-92)105-89/h6,8,12,14,18,20,24,26,30,32,37,40,65,67,73-77,79-90,92-95,97-103H,3-5,7,9-11,13,15-17,19,21-23,25,27-29,31,33-36,38-39,41-64,66,68-72H2,1-2H3,(H,91,96)/b8-6-,14-12-,20-18-,26-24-,32-30-,40-37-,67-65+. The first-order valence-corrected chi connectivity index (χ1v) is 44.3. The number of hydrogen-bond acceptors (Lipinski definition) is 18. The van der Waals surface area contributed by atoms with E-state index in [-0.39, 0.29) is 18.9 Å². The Bertz CT molecular complexity index is 2300. The zero-order valence-electron chi connectivity index (χ0n) is 68.3. The van der Waals surface area contributed by atoms with E-state index in [1.807, 2.05) is 6.08 Å². The molecule has 3 heterocycles. The van der Waals surface area contributed by atoms with Crippen molar-refractivity contribution in [1.82, 2.24) is 5.32 Å². The Balaban J connectivity index is 1.34. The van der Waals surface area contributed by atoms with Crippen molar-refractivity contribution >= 4 is 5.91 Å². The lowest BCUT2D eigenvalue weighted by atomic mass is 9.96. The molecule has 17 atom stereocenters. The number of nitrogens with one attached hydrogen (secondary N) is 1. The van der Waals surface area contributed by atoms with E-state index < -0.39 is 124 Å². The molecule has 0 aromatic heterocycles.